The summed E-state index contributed by atoms with van der Waals surface area (Å²) in [6.45, 7) is 7.70. The lowest BCUT2D eigenvalue weighted by Gasteiger charge is -2.18. The number of hydrogen-bond donors (Lipinski definition) is 0. The minimum atomic E-state index is -0.540. The Labute approximate surface area is 373 Å². The summed E-state index contributed by atoms with van der Waals surface area (Å²) in [5.41, 5.74) is 0. The van der Waals surface area contributed by atoms with Crippen LogP contribution in [0.4, 0.5) is 0 Å². The molecule has 0 aliphatic rings. The van der Waals surface area contributed by atoms with Gasteiger partial charge >= 0.3 is 11.9 Å². The van der Waals surface area contributed by atoms with Gasteiger partial charge in [0, 0.05) is 19.4 Å². The second-order valence-electron chi connectivity index (χ2n) is 17.4. The molecule has 0 saturated carbocycles. The molecule has 0 fully saturated rings. The summed E-state index contributed by atoms with van der Waals surface area (Å²) in [4.78, 5) is 25.4. The van der Waals surface area contributed by atoms with Crippen LogP contribution >= 0.6 is 0 Å². The quantitative estimate of drug-likeness (QED) is 0.0347. The molecular formula is C55H100O5. The number of rotatable bonds is 48. The zero-order valence-electron chi connectivity index (χ0n) is 40.2. The van der Waals surface area contributed by atoms with E-state index in [1.165, 1.54) is 154 Å². The van der Waals surface area contributed by atoms with Crippen molar-refractivity contribution in [1.82, 2.24) is 0 Å². The van der Waals surface area contributed by atoms with E-state index in [4.69, 9.17) is 14.2 Å². The number of hydrogen-bond acceptors (Lipinski definition) is 5. The van der Waals surface area contributed by atoms with Gasteiger partial charge in [-0.2, -0.15) is 0 Å². The third-order valence-corrected chi connectivity index (χ3v) is 11.3. The van der Waals surface area contributed by atoms with E-state index in [-0.39, 0.29) is 25.2 Å². The van der Waals surface area contributed by atoms with Crippen molar-refractivity contribution < 1.29 is 23.8 Å². The van der Waals surface area contributed by atoms with Gasteiger partial charge in [-0.15, -0.1) is 0 Å². The first-order valence-corrected chi connectivity index (χ1v) is 26.2. The van der Waals surface area contributed by atoms with Crippen LogP contribution in [0.5, 0.6) is 0 Å². The van der Waals surface area contributed by atoms with Crippen molar-refractivity contribution in [2.24, 2.45) is 0 Å². The topological polar surface area (TPSA) is 61.8 Å². The Kier molecular flexibility index (Phi) is 49.4. The van der Waals surface area contributed by atoms with Crippen LogP contribution in [0.2, 0.25) is 0 Å². The van der Waals surface area contributed by atoms with Crippen LogP contribution in [0.15, 0.2) is 48.6 Å². The van der Waals surface area contributed by atoms with Crippen molar-refractivity contribution in [1.29, 1.82) is 0 Å². The highest BCUT2D eigenvalue weighted by molar-refractivity contribution is 5.70. The summed E-state index contributed by atoms with van der Waals surface area (Å²) in [6, 6.07) is 0. The zero-order valence-corrected chi connectivity index (χ0v) is 40.2. The van der Waals surface area contributed by atoms with Crippen molar-refractivity contribution in [2.75, 3.05) is 19.8 Å². The summed E-state index contributed by atoms with van der Waals surface area (Å²) in [5.74, 6) is -0.409. The van der Waals surface area contributed by atoms with Crippen LogP contribution in [0.3, 0.4) is 0 Å². The molecule has 60 heavy (non-hydrogen) atoms. The van der Waals surface area contributed by atoms with Crippen LogP contribution in [-0.4, -0.2) is 37.9 Å². The van der Waals surface area contributed by atoms with Crippen LogP contribution in [-0.2, 0) is 23.8 Å². The molecule has 350 valence electrons. The van der Waals surface area contributed by atoms with Gasteiger partial charge in [-0.25, -0.2) is 0 Å². The average Bonchev–Trinajstić information content (AvgIpc) is 3.25. The number of unbranched alkanes of at least 4 members (excludes halogenated alkanes) is 29. The van der Waals surface area contributed by atoms with E-state index < -0.39 is 6.10 Å². The molecular weight excluding hydrogens is 741 g/mol. The Morgan fingerprint density at radius 2 is 0.767 bits per heavy atom. The van der Waals surface area contributed by atoms with Gasteiger partial charge in [0.2, 0.25) is 0 Å². The molecule has 0 radical (unpaired) electrons. The first kappa shape index (κ1) is 57.9. The number of carbonyl (C=O) groups excluding carboxylic acids is 2. The molecule has 0 bridgehead atoms. The van der Waals surface area contributed by atoms with E-state index in [1.807, 2.05) is 0 Å². The van der Waals surface area contributed by atoms with Gasteiger partial charge in [0.05, 0.1) is 6.61 Å². The standard InChI is InChI=1S/C55H100O5/c1-4-7-10-13-16-19-22-24-26-28-29-31-34-36-39-42-45-48-54(56)59-52-53(60-55(57)49-46-43-40-37-33-21-18-15-12-9-6-3)51-58-50-47-44-41-38-35-32-30-27-25-23-20-17-14-11-8-5-2/h7,10,15-16,18-19,24,26,53H,4-6,8-9,11-14,17,20-23,25,27-52H2,1-3H3/b10-7-,18-15-,19-16-,26-24-. The lowest BCUT2D eigenvalue weighted by Crippen LogP contribution is -2.30. The molecule has 0 aromatic heterocycles. The zero-order chi connectivity index (χ0) is 43.5. The molecule has 0 spiro atoms. The van der Waals surface area contributed by atoms with Crippen LogP contribution in [0.25, 0.3) is 0 Å². The van der Waals surface area contributed by atoms with Crippen molar-refractivity contribution >= 4 is 11.9 Å². The predicted molar refractivity (Wildman–Crippen MR) is 261 cm³/mol. The molecule has 0 aromatic carbocycles. The van der Waals surface area contributed by atoms with E-state index in [9.17, 15) is 9.59 Å². The van der Waals surface area contributed by atoms with Gasteiger partial charge < -0.3 is 14.2 Å². The van der Waals surface area contributed by atoms with Crippen LogP contribution in [0.1, 0.15) is 265 Å². The summed E-state index contributed by atoms with van der Waals surface area (Å²) >= 11 is 0. The minimum absolute atomic E-state index is 0.0797. The highest BCUT2D eigenvalue weighted by Gasteiger charge is 2.17. The first-order chi connectivity index (χ1) is 29.6. The van der Waals surface area contributed by atoms with E-state index >= 15 is 0 Å². The fourth-order valence-corrected chi connectivity index (χ4v) is 7.45. The molecule has 1 atom stereocenters. The van der Waals surface area contributed by atoms with Crippen LogP contribution < -0.4 is 0 Å². The lowest BCUT2D eigenvalue weighted by molar-refractivity contribution is -0.163. The molecule has 5 heteroatoms. The molecule has 0 heterocycles. The summed E-state index contributed by atoms with van der Waals surface area (Å²) in [6.07, 6.45) is 62.6. The Balaban J connectivity index is 4.22. The molecule has 0 aromatic rings. The smallest absolute Gasteiger partial charge is 0.306 e. The maximum atomic E-state index is 12.8. The third-order valence-electron chi connectivity index (χ3n) is 11.3. The molecule has 5 nitrogen and oxygen atoms in total. The van der Waals surface area contributed by atoms with Crippen molar-refractivity contribution in [2.45, 2.75) is 271 Å². The maximum Gasteiger partial charge on any atom is 0.306 e. The highest BCUT2D eigenvalue weighted by atomic mass is 16.6. The molecule has 0 rings (SSSR count). The highest BCUT2D eigenvalue weighted by Crippen LogP contribution is 2.15. The van der Waals surface area contributed by atoms with E-state index in [0.29, 0.717) is 19.4 Å². The van der Waals surface area contributed by atoms with Gasteiger partial charge in [-0.05, 0) is 70.6 Å². The fraction of sp³-hybridized carbons (Fsp3) is 0.818. The molecule has 0 aliphatic carbocycles. The monoisotopic (exact) mass is 841 g/mol. The average molecular weight is 841 g/mol. The number of allylic oxidation sites excluding steroid dienone is 8. The largest absolute Gasteiger partial charge is 0.462 e. The summed E-state index contributed by atoms with van der Waals surface area (Å²) in [7, 11) is 0. The lowest BCUT2D eigenvalue weighted by atomic mass is 10.0. The van der Waals surface area contributed by atoms with Crippen molar-refractivity contribution in [3.8, 4) is 0 Å². The van der Waals surface area contributed by atoms with Gasteiger partial charge in [0.1, 0.15) is 6.61 Å². The van der Waals surface area contributed by atoms with Gasteiger partial charge in [0.15, 0.2) is 6.10 Å². The van der Waals surface area contributed by atoms with Gasteiger partial charge in [0.25, 0.3) is 0 Å². The Morgan fingerprint density at radius 3 is 1.27 bits per heavy atom. The minimum Gasteiger partial charge on any atom is -0.462 e. The molecule has 0 amide bonds. The Bertz CT molecular complexity index is 997. The van der Waals surface area contributed by atoms with Gasteiger partial charge in [-0.1, -0.05) is 230 Å². The van der Waals surface area contributed by atoms with Gasteiger partial charge in [-0.3, -0.25) is 9.59 Å². The molecule has 0 saturated heterocycles. The SMILES string of the molecule is CC/C=C\C/C=C\C/C=C\CCCCCCCCCC(=O)OCC(COCCCCCCCCCCCCCCCCCC)OC(=O)CCCCCCC/C=C\CCCC. The summed E-state index contributed by atoms with van der Waals surface area (Å²) < 4.78 is 17.4. The molecule has 0 aliphatic heterocycles. The second-order valence-corrected chi connectivity index (χ2v) is 17.4. The van der Waals surface area contributed by atoms with Crippen LogP contribution in [0, 0.1) is 0 Å². The Hall–Kier alpha value is -2.14. The number of carbonyl (C=O) groups is 2. The van der Waals surface area contributed by atoms with Crippen molar-refractivity contribution in [3.05, 3.63) is 48.6 Å². The first-order valence-electron chi connectivity index (χ1n) is 26.2. The number of ether oxygens (including phenoxy) is 3. The van der Waals surface area contributed by atoms with E-state index in [2.05, 4.69) is 69.4 Å². The predicted octanol–water partition coefficient (Wildman–Crippen LogP) is 17.6. The Morgan fingerprint density at radius 1 is 0.383 bits per heavy atom. The normalized spacial score (nSPS) is 12.5. The molecule has 0 N–H and O–H groups in total. The second kappa shape index (κ2) is 51.2. The third kappa shape index (κ3) is 48.5. The molecule has 1 unspecified atom stereocenters. The fourth-order valence-electron chi connectivity index (χ4n) is 7.45. The van der Waals surface area contributed by atoms with E-state index in [1.54, 1.807) is 0 Å². The van der Waals surface area contributed by atoms with E-state index in [0.717, 1.165) is 77.0 Å². The summed E-state index contributed by atoms with van der Waals surface area (Å²) in [5, 5.41) is 0. The number of esters is 2. The van der Waals surface area contributed by atoms with Crippen molar-refractivity contribution in [3.63, 3.8) is 0 Å². The maximum absolute atomic E-state index is 12.8.